The Labute approximate surface area is 178 Å². The third kappa shape index (κ3) is 3.38. The van der Waals surface area contributed by atoms with Gasteiger partial charge in [-0.2, -0.15) is 4.31 Å². The quantitative estimate of drug-likeness (QED) is 0.364. The molecule has 0 fully saturated rings. The summed E-state index contributed by atoms with van der Waals surface area (Å²) < 4.78 is 33.5. The maximum absolute atomic E-state index is 13.3. The Bertz CT molecular complexity index is 1070. The largest absolute Gasteiger partial charge is 0.465 e. The highest BCUT2D eigenvalue weighted by Crippen LogP contribution is 2.43. The van der Waals surface area contributed by atoms with Gasteiger partial charge >= 0.3 is 5.97 Å². The summed E-state index contributed by atoms with van der Waals surface area (Å²) in [6.07, 6.45) is 1.51. The molecule has 146 valence electrons. The monoisotopic (exact) mass is 483 g/mol. The summed E-state index contributed by atoms with van der Waals surface area (Å²) in [5.41, 5.74) is 1.65. The highest BCUT2D eigenvalue weighted by atomic mass is 79.9. The molecule has 3 rings (SSSR count). The topological polar surface area (TPSA) is 89.5 Å². The maximum Gasteiger partial charge on any atom is 0.324 e. The summed E-state index contributed by atoms with van der Waals surface area (Å²) in [7, 11) is -0.395. The normalized spacial score (nSPS) is 18.4. The molecule has 0 N–H and O–H groups in total. The third-order valence-electron chi connectivity index (χ3n) is 4.70. The summed E-state index contributed by atoms with van der Waals surface area (Å²) in [5, 5.41) is -0.862. The maximum atomic E-state index is 13.3. The van der Waals surface area contributed by atoms with Gasteiger partial charge in [-0.05, 0) is 53.0 Å². The summed E-state index contributed by atoms with van der Waals surface area (Å²) in [5.74, 6) is -0.586. The van der Waals surface area contributed by atoms with E-state index in [1.54, 1.807) is 40.8 Å². The molecule has 12 heteroatoms. The number of fused-ring (bicyclic) bond motifs is 1. The van der Waals surface area contributed by atoms with Gasteiger partial charge in [0.2, 0.25) is 15.3 Å². The van der Waals surface area contributed by atoms with Crippen LogP contribution in [0.1, 0.15) is 19.4 Å². The van der Waals surface area contributed by atoms with Gasteiger partial charge in [0.25, 0.3) is 0 Å². The van der Waals surface area contributed by atoms with E-state index in [1.807, 2.05) is 0 Å². The van der Waals surface area contributed by atoms with Gasteiger partial charge in [0.15, 0.2) is 0 Å². The fraction of sp³-hybridized carbons (Fsp3) is 0.312. The van der Waals surface area contributed by atoms with Gasteiger partial charge in [0.05, 0.1) is 21.7 Å². The predicted octanol–water partition coefficient (Wildman–Crippen LogP) is 0.892. The molecule has 2 heterocycles. The Kier molecular flexibility index (Phi) is 5.66. The molecule has 0 aliphatic carbocycles. The van der Waals surface area contributed by atoms with Crippen molar-refractivity contribution in [1.29, 1.82) is 0 Å². The van der Waals surface area contributed by atoms with Crippen LogP contribution in [0.3, 0.4) is 0 Å². The van der Waals surface area contributed by atoms with E-state index in [0.717, 1.165) is 0 Å². The molecule has 1 aromatic heterocycles. The molecule has 1 aliphatic rings. The third-order valence-corrected chi connectivity index (χ3v) is 7.64. The van der Waals surface area contributed by atoms with Gasteiger partial charge in [-0.25, -0.2) is 18.4 Å². The van der Waals surface area contributed by atoms with Crippen LogP contribution in [0.15, 0.2) is 33.8 Å². The van der Waals surface area contributed by atoms with Crippen molar-refractivity contribution in [3.63, 3.8) is 0 Å². The minimum atomic E-state index is -3.93. The number of nitrogens with zero attached hydrogens (tertiary/aromatic N) is 3. The van der Waals surface area contributed by atoms with Crippen LogP contribution in [0.4, 0.5) is 0 Å². The first-order valence-electron chi connectivity index (χ1n) is 8.56. The summed E-state index contributed by atoms with van der Waals surface area (Å²) >= 11 is 9.26. The average molecular weight is 484 g/mol. The summed E-state index contributed by atoms with van der Waals surface area (Å²) in [6, 6.07) is 4.10. The molecular formula is C16H17B2BrClN3O4S. The van der Waals surface area contributed by atoms with Crippen molar-refractivity contribution in [2.24, 2.45) is 0 Å². The zero-order valence-corrected chi connectivity index (χ0v) is 18.9. The highest BCUT2D eigenvalue weighted by molar-refractivity contribution is 9.10. The average Bonchev–Trinajstić information content (AvgIpc) is 2.78. The SMILES string of the molecule is BC1(B)c2ccc(-c3nc(Cl)ncc3Br)cc2S(=O)(=O)N1[C@H](C)C(=O)OCC. The number of ether oxygens (including phenoxy) is 1. The van der Waals surface area contributed by atoms with Crippen LogP contribution < -0.4 is 0 Å². The molecule has 28 heavy (non-hydrogen) atoms. The molecule has 1 atom stereocenters. The van der Waals surface area contributed by atoms with E-state index in [2.05, 4.69) is 25.9 Å². The number of carbonyl (C=O) groups excluding carboxylic acids is 1. The van der Waals surface area contributed by atoms with Crippen LogP contribution in [-0.4, -0.2) is 57.0 Å². The van der Waals surface area contributed by atoms with Crippen LogP contribution in [0.25, 0.3) is 11.3 Å². The Morgan fingerprint density at radius 1 is 1.43 bits per heavy atom. The van der Waals surface area contributed by atoms with Gasteiger partial charge in [-0.1, -0.05) is 12.1 Å². The number of esters is 1. The zero-order chi connectivity index (χ0) is 20.9. The van der Waals surface area contributed by atoms with Crippen molar-refractivity contribution in [3.8, 4) is 11.3 Å². The molecular weight excluding hydrogens is 467 g/mol. The molecule has 0 saturated heterocycles. The molecule has 0 saturated carbocycles. The van der Waals surface area contributed by atoms with Crippen molar-refractivity contribution < 1.29 is 17.9 Å². The molecule has 1 aliphatic heterocycles. The number of hydrogen-bond acceptors (Lipinski definition) is 6. The van der Waals surface area contributed by atoms with Crippen LogP contribution in [0.5, 0.6) is 0 Å². The van der Waals surface area contributed by atoms with Gasteiger partial charge < -0.3 is 4.74 Å². The number of halogens is 2. The summed E-state index contributed by atoms with van der Waals surface area (Å²) in [6.45, 7) is 3.39. The molecule has 0 bridgehead atoms. The number of sulfonamides is 1. The number of benzene rings is 1. The smallest absolute Gasteiger partial charge is 0.324 e. The van der Waals surface area contributed by atoms with Crippen molar-refractivity contribution in [1.82, 2.24) is 14.3 Å². The van der Waals surface area contributed by atoms with E-state index in [9.17, 15) is 13.2 Å². The fourth-order valence-electron chi connectivity index (χ4n) is 3.51. The van der Waals surface area contributed by atoms with Crippen molar-refractivity contribution in [2.75, 3.05) is 6.61 Å². The van der Waals surface area contributed by atoms with Crippen LogP contribution in [0.2, 0.25) is 5.28 Å². The van der Waals surface area contributed by atoms with E-state index in [1.165, 1.54) is 17.4 Å². The van der Waals surface area contributed by atoms with Crippen LogP contribution in [0, 0.1) is 0 Å². The van der Waals surface area contributed by atoms with Gasteiger partial charge in [-0.15, -0.1) is 0 Å². The number of hydrogen-bond donors (Lipinski definition) is 0. The van der Waals surface area contributed by atoms with Gasteiger partial charge in [0, 0.05) is 17.1 Å². The van der Waals surface area contributed by atoms with E-state index >= 15 is 0 Å². The van der Waals surface area contributed by atoms with Crippen molar-refractivity contribution >= 4 is 59.2 Å². The summed E-state index contributed by atoms with van der Waals surface area (Å²) in [4.78, 5) is 20.5. The number of carbonyl (C=O) groups is 1. The standard InChI is InChI=1S/C16H17B2BrClN3O4S/c1-3-27-14(24)8(2)23-16(17,18)10-5-4-9(6-12(10)28(23,25)26)13-11(19)7-21-15(20)22-13/h4-8H,3,17-18H2,1-2H3/t8-/m1/s1. The Morgan fingerprint density at radius 3 is 2.75 bits per heavy atom. The molecule has 0 spiro atoms. The van der Waals surface area contributed by atoms with E-state index < -0.39 is 27.4 Å². The second kappa shape index (κ2) is 7.44. The zero-order valence-electron chi connectivity index (χ0n) is 15.7. The van der Waals surface area contributed by atoms with E-state index in [0.29, 0.717) is 21.3 Å². The lowest BCUT2D eigenvalue weighted by Crippen LogP contribution is -2.52. The number of rotatable bonds is 4. The first kappa shape index (κ1) is 21.3. The van der Waals surface area contributed by atoms with Crippen molar-refractivity contribution in [2.45, 2.75) is 30.1 Å². The highest BCUT2D eigenvalue weighted by Gasteiger charge is 2.51. The minimum Gasteiger partial charge on any atom is -0.465 e. The lowest BCUT2D eigenvalue weighted by molar-refractivity contribution is -0.147. The molecule has 2 aromatic rings. The lowest BCUT2D eigenvalue weighted by Gasteiger charge is -2.34. The van der Waals surface area contributed by atoms with Gasteiger partial charge in [-0.3, -0.25) is 4.79 Å². The molecule has 0 radical (unpaired) electrons. The first-order chi connectivity index (χ1) is 13.0. The van der Waals surface area contributed by atoms with Crippen LogP contribution >= 0.6 is 27.5 Å². The first-order valence-corrected chi connectivity index (χ1v) is 11.2. The van der Waals surface area contributed by atoms with Crippen LogP contribution in [-0.2, 0) is 24.9 Å². The predicted molar refractivity (Wildman–Crippen MR) is 114 cm³/mol. The molecule has 0 unspecified atom stereocenters. The second-order valence-electron chi connectivity index (χ2n) is 6.83. The Balaban J connectivity index is 2.15. The van der Waals surface area contributed by atoms with E-state index in [4.69, 9.17) is 16.3 Å². The fourth-order valence-corrected chi connectivity index (χ4v) is 6.35. The Morgan fingerprint density at radius 2 is 2.11 bits per heavy atom. The Hall–Kier alpha value is -1.42. The second-order valence-corrected chi connectivity index (χ2v) is 9.81. The molecule has 1 aromatic carbocycles. The molecule has 0 amide bonds. The minimum absolute atomic E-state index is 0.0550. The van der Waals surface area contributed by atoms with Gasteiger partial charge in [0.1, 0.15) is 21.7 Å². The molecule has 7 nitrogen and oxygen atoms in total. The number of aromatic nitrogens is 2. The van der Waals surface area contributed by atoms with Crippen molar-refractivity contribution in [3.05, 3.63) is 39.7 Å². The lowest BCUT2D eigenvalue weighted by atomic mass is 9.57. The van der Waals surface area contributed by atoms with E-state index in [-0.39, 0.29) is 16.8 Å².